The molecule has 10 heteroatoms. The Kier molecular flexibility index (Phi) is 11.0. The number of carbonyl (C=O) groups excluding carboxylic acids is 2. The maximum atomic E-state index is 14.1. The molecule has 40 heavy (non-hydrogen) atoms. The molecule has 1 N–H and O–H groups in total. The number of para-hydroxylation sites is 1. The smallest absolute Gasteiger partial charge is 0.264 e. The summed E-state index contributed by atoms with van der Waals surface area (Å²) in [6.07, 6.45) is 0.316. The van der Waals surface area contributed by atoms with Crippen molar-refractivity contribution >= 4 is 50.7 Å². The first-order valence-corrected chi connectivity index (χ1v) is 15.3. The largest absolute Gasteiger partial charge is 0.354 e. The lowest BCUT2D eigenvalue weighted by molar-refractivity contribution is -0.140. The fourth-order valence-electron chi connectivity index (χ4n) is 4.14. The molecule has 0 aliphatic heterocycles. The van der Waals surface area contributed by atoms with E-state index in [1.54, 1.807) is 67.6 Å². The Balaban J connectivity index is 2.04. The second-order valence-electron chi connectivity index (χ2n) is 9.98. The van der Waals surface area contributed by atoms with E-state index in [1.807, 2.05) is 20.8 Å². The van der Waals surface area contributed by atoms with Crippen molar-refractivity contribution in [1.29, 1.82) is 0 Å². The zero-order valence-corrected chi connectivity index (χ0v) is 25.4. The average Bonchev–Trinajstić information content (AvgIpc) is 2.92. The summed E-state index contributed by atoms with van der Waals surface area (Å²) in [4.78, 5) is 28.8. The Morgan fingerprint density at radius 3 is 2.17 bits per heavy atom. The first kappa shape index (κ1) is 31.5. The third-order valence-electron chi connectivity index (χ3n) is 6.36. The summed E-state index contributed by atoms with van der Waals surface area (Å²) in [5.41, 5.74) is 1.82. The van der Waals surface area contributed by atoms with Gasteiger partial charge in [0.25, 0.3) is 10.0 Å². The minimum Gasteiger partial charge on any atom is -0.354 e. The molecule has 3 rings (SSSR count). The fourth-order valence-corrected chi connectivity index (χ4v) is 6.02. The van der Waals surface area contributed by atoms with Crippen molar-refractivity contribution in [3.63, 3.8) is 0 Å². The molecular weight excluding hydrogens is 569 g/mol. The maximum Gasteiger partial charge on any atom is 0.264 e. The molecule has 0 aromatic heterocycles. The van der Waals surface area contributed by atoms with Gasteiger partial charge in [0.05, 0.1) is 10.6 Å². The number of hydrogen-bond acceptors (Lipinski definition) is 4. The number of carbonyl (C=O) groups is 2. The van der Waals surface area contributed by atoms with Crippen LogP contribution in [0.15, 0.2) is 77.7 Å². The second-order valence-corrected chi connectivity index (χ2v) is 12.7. The molecule has 2 amide bonds. The lowest BCUT2D eigenvalue weighted by Gasteiger charge is -2.33. The number of amides is 2. The van der Waals surface area contributed by atoms with E-state index in [2.05, 4.69) is 5.32 Å². The topological polar surface area (TPSA) is 86.8 Å². The van der Waals surface area contributed by atoms with Crippen LogP contribution in [0.25, 0.3) is 0 Å². The molecule has 3 aromatic rings. The van der Waals surface area contributed by atoms with E-state index in [1.165, 1.54) is 17.0 Å². The third kappa shape index (κ3) is 7.99. The highest BCUT2D eigenvalue weighted by atomic mass is 35.5. The van der Waals surface area contributed by atoms with Crippen LogP contribution in [0.4, 0.5) is 5.69 Å². The summed E-state index contributed by atoms with van der Waals surface area (Å²) in [7, 11) is -4.12. The number of aryl methyl sites for hydroxylation is 1. The molecule has 0 heterocycles. The minimum absolute atomic E-state index is 0.00432. The highest BCUT2D eigenvalue weighted by Crippen LogP contribution is 2.27. The van der Waals surface area contributed by atoms with Gasteiger partial charge in [-0.3, -0.25) is 13.9 Å². The van der Waals surface area contributed by atoms with Gasteiger partial charge in [0.1, 0.15) is 12.6 Å². The van der Waals surface area contributed by atoms with Gasteiger partial charge in [-0.25, -0.2) is 8.42 Å². The van der Waals surface area contributed by atoms with Gasteiger partial charge < -0.3 is 10.2 Å². The second kappa shape index (κ2) is 14.0. The van der Waals surface area contributed by atoms with Crippen LogP contribution >= 0.6 is 23.2 Å². The van der Waals surface area contributed by atoms with Gasteiger partial charge in [-0.15, -0.1) is 0 Å². The molecule has 0 saturated carbocycles. The lowest BCUT2D eigenvalue weighted by atomic mass is 10.1. The Hall–Kier alpha value is -3.07. The van der Waals surface area contributed by atoms with Crippen LogP contribution < -0.4 is 9.62 Å². The molecule has 0 spiro atoms. The SMILES string of the molecule is CCC(C(=O)NCC(C)C)N(Cc1ccc(Cl)cc1Cl)C(=O)CN(c1ccccc1)S(=O)(=O)c1ccc(C)cc1. The Bertz CT molecular complexity index is 1410. The molecule has 3 aromatic carbocycles. The molecule has 0 aliphatic carbocycles. The van der Waals surface area contributed by atoms with E-state index in [0.717, 1.165) is 9.87 Å². The fraction of sp³-hybridized carbons (Fsp3) is 0.333. The van der Waals surface area contributed by atoms with Crippen molar-refractivity contribution in [2.75, 3.05) is 17.4 Å². The van der Waals surface area contributed by atoms with Crippen LogP contribution in [0.1, 0.15) is 38.3 Å². The molecule has 0 fully saturated rings. The summed E-state index contributed by atoms with van der Waals surface area (Å²) in [6.45, 7) is 7.55. The highest BCUT2D eigenvalue weighted by Gasteiger charge is 2.34. The summed E-state index contributed by atoms with van der Waals surface area (Å²) in [5, 5.41) is 3.69. The van der Waals surface area contributed by atoms with Crippen molar-refractivity contribution < 1.29 is 18.0 Å². The molecule has 0 aliphatic rings. The van der Waals surface area contributed by atoms with E-state index in [0.29, 0.717) is 34.3 Å². The lowest BCUT2D eigenvalue weighted by Crippen LogP contribution is -2.52. The van der Waals surface area contributed by atoms with Gasteiger partial charge >= 0.3 is 0 Å². The van der Waals surface area contributed by atoms with Crippen LogP contribution in [-0.4, -0.2) is 44.3 Å². The van der Waals surface area contributed by atoms with Gasteiger partial charge in [0.15, 0.2) is 0 Å². The van der Waals surface area contributed by atoms with Crippen molar-refractivity contribution in [2.24, 2.45) is 5.92 Å². The normalized spacial score (nSPS) is 12.2. The molecule has 1 atom stereocenters. The molecule has 7 nitrogen and oxygen atoms in total. The molecule has 1 unspecified atom stereocenters. The predicted molar refractivity (Wildman–Crippen MR) is 161 cm³/mol. The van der Waals surface area contributed by atoms with Crippen molar-refractivity contribution in [1.82, 2.24) is 10.2 Å². The highest BCUT2D eigenvalue weighted by molar-refractivity contribution is 7.92. The number of rotatable bonds is 12. The number of nitrogens with one attached hydrogen (secondary N) is 1. The predicted octanol–water partition coefficient (Wildman–Crippen LogP) is 6.08. The average molecular weight is 605 g/mol. The number of halogens is 2. The molecule has 0 bridgehead atoms. The maximum absolute atomic E-state index is 14.1. The molecular formula is C30H35Cl2N3O4S. The van der Waals surface area contributed by atoms with E-state index in [-0.39, 0.29) is 23.3 Å². The monoisotopic (exact) mass is 603 g/mol. The summed E-state index contributed by atoms with van der Waals surface area (Å²) in [6, 6.07) is 19.0. The number of benzene rings is 3. The van der Waals surface area contributed by atoms with Gasteiger partial charge in [0.2, 0.25) is 11.8 Å². The zero-order valence-electron chi connectivity index (χ0n) is 23.1. The zero-order chi connectivity index (χ0) is 29.4. The van der Waals surface area contributed by atoms with Crippen molar-refractivity contribution in [3.05, 3.63) is 94.0 Å². The summed E-state index contributed by atoms with van der Waals surface area (Å²) in [5.74, 6) is -0.649. The Morgan fingerprint density at radius 1 is 0.950 bits per heavy atom. The summed E-state index contributed by atoms with van der Waals surface area (Å²) >= 11 is 12.5. The van der Waals surface area contributed by atoms with Crippen LogP contribution in [0.3, 0.4) is 0 Å². The summed E-state index contributed by atoms with van der Waals surface area (Å²) < 4.78 is 28.8. The van der Waals surface area contributed by atoms with E-state index in [9.17, 15) is 18.0 Å². The van der Waals surface area contributed by atoms with Gasteiger partial charge in [-0.1, -0.05) is 85.9 Å². The Labute approximate surface area is 247 Å². The van der Waals surface area contributed by atoms with Gasteiger partial charge in [-0.2, -0.15) is 0 Å². The molecule has 0 saturated heterocycles. The van der Waals surface area contributed by atoms with Crippen LogP contribution in [0.2, 0.25) is 10.0 Å². The molecule has 0 radical (unpaired) electrons. The molecule has 214 valence electrons. The van der Waals surface area contributed by atoms with Gasteiger partial charge in [0, 0.05) is 23.1 Å². The van der Waals surface area contributed by atoms with Crippen LogP contribution in [0.5, 0.6) is 0 Å². The van der Waals surface area contributed by atoms with Crippen LogP contribution in [-0.2, 0) is 26.2 Å². The number of anilines is 1. The van der Waals surface area contributed by atoms with Crippen molar-refractivity contribution in [3.8, 4) is 0 Å². The number of sulfonamides is 1. The van der Waals surface area contributed by atoms with Crippen LogP contribution in [0, 0.1) is 12.8 Å². The first-order valence-electron chi connectivity index (χ1n) is 13.1. The Morgan fingerprint density at radius 2 is 1.60 bits per heavy atom. The van der Waals surface area contributed by atoms with Gasteiger partial charge in [-0.05, 0) is 61.2 Å². The quantitative estimate of drug-likeness (QED) is 0.272. The minimum atomic E-state index is -4.12. The van der Waals surface area contributed by atoms with E-state index < -0.39 is 28.5 Å². The number of nitrogens with zero attached hydrogens (tertiary/aromatic N) is 2. The number of hydrogen-bond donors (Lipinski definition) is 1. The van der Waals surface area contributed by atoms with E-state index >= 15 is 0 Å². The standard InChI is InChI=1S/C30H35Cl2N3O4S/c1-5-28(30(37)33-18-21(2)3)34(19-23-13-14-24(31)17-27(23)32)29(36)20-35(25-9-7-6-8-10-25)40(38,39)26-15-11-22(4)12-16-26/h6-17,21,28H,5,18-20H2,1-4H3,(H,33,37). The third-order valence-corrected chi connectivity index (χ3v) is 8.73. The first-order chi connectivity index (χ1) is 18.9. The van der Waals surface area contributed by atoms with E-state index in [4.69, 9.17) is 23.2 Å². The van der Waals surface area contributed by atoms with Crippen molar-refractivity contribution in [2.45, 2.75) is 51.6 Å².